The Bertz CT molecular complexity index is 1310. The molecular weight excluding hydrogens is 472 g/mol. The molecule has 2 heterocycles. The first-order valence-electron chi connectivity index (χ1n) is 11.0. The Labute approximate surface area is 204 Å². The van der Waals surface area contributed by atoms with E-state index in [9.17, 15) is 13.2 Å². The van der Waals surface area contributed by atoms with Gasteiger partial charge in [-0.15, -0.1) is 0 Å². The van der Waals surface area contributed by atoms with Crippen LogP contribution >= 0.6 is 0 Å². The van der Waals surface area contributed by atoms with Gasteiger partial charge in [0, 0.05) is 24.7 Å². The lowest BCUT2D eigenvalue weighted by atomic mass is 10.2. The first kappa shape index (κ1) is 24.6. The van der Waals surface area contributed by atoms with E-state index in [2.05, 4.69) is 4.98 Å². The topological polar surface area (TPSA) is 108 Å². The number of aromatic nitrogens is 1. The van der Waals surface area contributed by atoms with Crippen molar-refractivity contribution in [2.24, 2.45) is 0 Å². The standard InChI is InChI=1S/C25H26N2O7S/c1-18-21(26-25(34-18)20-6-4-3-5-7-20)17-33-24(28)11-9-19-8-10-22(31-2)23(16-19)35(29,30)27-12-14-32-15-13-27/h3-11,16H,12-15,17H2,1-2H3/b11-9+. The van der Waals surface area contributed by atoms with Crippen molar-refractivity contribution in [1.29, 1.82) is 0 Å². The Balaban J connectivity index is 1.44. The first-order valence-corrected chi connectivity index (χ1v) is 12.4. The normalized spacial score (nSPS) is 14.8. The summed E-state index contributed by atoms with van der Waals surface area (Å²) >= 11 is 0. The van der Waals surface area contributed by atoms with Crippen molar-refractivity contribution >= 4 is 22.1 Å². The SMILES string of the molecule is COc1ccc(/C=C/C(=O)OCc2nc(-c3ccccc3)oc2C)cc1S(=O)(=O)N1CCOCC1. The van der Waals surface area contributed by atoms with Crippen LogP contribution in [0.3, 0.4) is 0 Å². The van der Waals surface area contributed by atoms with Crippen LogP contribution in [0.4, 0.5) is 0 Å². The molecule has 4 rings (SSSR count). The molecule has 9 nitrogen and oxygen atoms in total. The van der Waals surface area contributed by atoms with Crippen molar-refractivity contribution in [1.82, 2.24) is 9.29 Å². The van der Waals surface area contributed by atoms with Crippen LogP contribution in [0, 0.1) is 6.92 Å². The molecule has 0 N–H and O–H groups in total. The zero-order valence-corrected chi connectivity index (χ0v) is 20.3. The molecule has 1 aliphatic heterocycles. The number of methoxy groups -OCH3 is 1. The maximum atomic E-state index is 13.1. The lowest BCUT2D eigenvalue weighted by Crippen LogP contribution is -2.40. The van der Waals surface area contributed by atoms with Gasteiger partial charge < -0.3 is 18.6 Å². The minimum absolute atomic E-state index is 0.0316. The van der Waals surface area contributed by atoms with Gasteiger partial charge in [0.15, 0.2) is 0 Å². The van der Waals surface area contributed by atoms with Crippen LogP contribution in [0.2, 0.25) is 0 Å². The molecule has 3 aromatic rings. The van der Waals surface area contributed by atoms with Crippen LogP contribution in [-0.4, -0.2) is 57.1 Å². The summed E-state index contributed by atoms with van der Waals surface area (Å²) in [7, 11) is -2.37. The smallest absolute Gasteiger partial charge is 0.331 e. The van der Waals surface area contributed by atoms with Crippen LogP contribution in [0.5, 0.6) is 5.75 Å². The van der Waals surface area contributed by atoms with E-state index in [4.69, 9.17) is 18.6 Å². The number of hydrogen-bond acceptors (Lipinski definition) is 8. The zero-order valence-electron chi connectivity index (χ0n) is 19.5. The highest BCUT2D eigenvalue weighted by Crippen LogP contribution is 2.29. The Morgan fingerprint density at radius 1 is 1.14 bits per heavy atom. The highest BCUT2D eigenvalue weighted by atomic mass is 32.2. The summed E-state index contributed by atoms with van der Waals surface area (Å²) in [6.45, 7) is 2.92. The fourth-order valence-electron chi connectivity index (χ4n) is 3.54. The Morgan fingerprint density at radius 3 is 2.60 bits per heavy atom. The Hall–Kier alpha value is -3.47. The van der Waals surface area contributed by atoms with E-state index >= 15 is 0 Å². The molecule has 1 aliphatic rings. The monoisotopic (exact) mass is 498 g/mol. The van der Waals surface area contributed by atoms with Gasteiger partial charge in [-0.25, -0.2) is 18.2 Å². The van der Waals surface area contributed by atoms with Gasteiger partial charge in [-0.2, -0.15) is 4.31 Å². The molecule has 1 aromatic heterocycles. The molecule has 35 heavy (non-hydrogen) atoms. The van der Waals surface area contributed by atoms with E-state index in [1.54, 1.807) is 19.1 Å². The van der Waals surface area contributed by atoms with Gasteiger partial charge in [-0.3, -0.25) is 0 Å². The third kappa shape index (κ3) is 5.79. The highest BCUT2D eigenvalue weighted by molar-refractivity contribution is 7.89. The summed E-state index contributed by atoms with van der Waals surface area (Å²) in [6.07, 6.45) is 2.73. The van der Waals surface area contributed by atoms with Gasteiger partial charge in [0.25, 0.3) is 0 Å². The summed E-state index contributed by atoms with van der Waals surface area (Å²) in [4.78, 5) is 16.7. The number of ether oxygens (including phenoxy) is 3. The molecule has 0 aliphatic carbocycles. The van der Waals surface area contributed by atoms with E-state index < -0.39 is 16.0 Å². The molecule has 1 fully saturated rings. The predicted molar refractivity (Wildman–Crippen MR) is 128 cm³/mol. The van der Waals surface area contributed by atoms with E-state index in [-0.39, 0.29) is 30.3 Å². The molecule has 10 heteroatoms. The second-order valence-electron chi connectivity index (χ2n) is 7.76. The molecule has 2 aromatic carbocycles. The number of oxazole rings is 1. The van der Waals surface area contributed by atoms with Crippen molar-refractivity contribution in [2.45, 2.75) is 18.4 Å². The minimum Gasteiger partial charge on any atom is -0.495 e. The fraction of sp³-hybridized carbons (Fsp3) is 0.280. The van der Waals surface area contributed by atoms with Crippen LogP contribution in [-0.2, 0) is 30.9 Å². The van der Waals surface area contributed by atoms with Gasteiger partial charge in [0.2, 0.25) is 15.9 Å². The van der Waals surface area contributed by atoms with E-state index in [1.165, 1.54) is 29.6 Å². The molecule has 0 unspecified atom stereocenters. The summed E-state index contributed by atoms with van der Waals surface area (Å²) < 4.78 is 49.1. The number of nitrogens with zero attached hydrogens (tertiary/aromatic N) is 2. The molecular formula is C25H26N2O7S. The van der Waals surface area contributed by atoms with E-state index in [0.717, 1.165) is 5.56 Å². The minimum atomic E-state index is -3.78. The maximum Gasteiger partial charge on any atom is 0.331 e. The van der Waals surface area contributed by atoms with Gasteiger partial charge in [-0.1, -0.05) is 24.3 Å². The van der Waals surface area contributed by atoms with Crippen molar-refractivity contribution in [3.63, 3.8) is 0 Å². The molecule has 0 amide bonds. The second kappa shape index (κ2) is 10.9. The summed E-state index contributed by atoms with van der Waals surface area (Å²) in [5.41, 5.74) is 1.86. The molecule has 0 radical (unpaired) electrons. The average Bonchev–Trinajstić information content (AvgIpc) is 3.27. The third-order valence-electron chi connectivity index (χ3n) is 5.45. The number of benzene rings is 2. The number of esters is 1. The summed E-state index contributed by atoms with van der Waals surface area (Å²) in [5, 5.41) is 0. The molecule has 0 bridgehead atoms. The van der Waals surface area contributed by atoms with Crippen LogP contribution in [0.25, 0.3) is 17.5 Å². The number of sulfonamides is 1. The molecule has 184 valence electrons. The highest BCUT2D eigenvalue weighted by Gasteiger charge is 2.29. The lowest BCUT2D eigenvalue weighted by Gasteiger charge is -2.26. The third-order valence-corrected chi connectivity index (χ3v) is 7.37. The number of morpholine rings is 1. The van der Waals surface area contributed by atoms with Crippen molar-refractivity contribution in [2.75, 3.05) is 33.4 Å². The van der Waals surface area contributed by atoms with Crippen LogP contribution in [0.15, 0.2) is 63.9 Å². The number of aryl methyl sites for hydroxylation is 1. The number of rotatable bonds is 8. The van der Waals surface area contributed by atoms with Crippen molar-refractivity contribution < 1.29 is 31.8 Å². The predicted octanol–water partition coefficient (Wildman–Crippen LogP) is 3.44. The first-order chi connectivity index (χ1) is 16.9. The van der Waals surface area contributed by atoms with E-state index in [0.29, 0.717) is 36.1 Å². The molecule has 0 saturated carbocycles. The van der Waals surface area contributed by atoms with Gasteiger partial charge >= 0.3 is 5.97 Å². The van der Waals surface area contributed by atoms with Crippen molar-refractivity contribution in [3.8, 4) is 17.2 Å². The maximum absolute atomic E-state index is 13.1. The largest absolute Gasteiger partial charge is 0.495 e. The average molecular weight is 499 g/mol. The Kier molecular flexibility index (Phi) is 7.64. The fourth-order valence-corrected chi connectivity index (χ4v) is 5.14. The molecule has 0 atom stereocenters. The van der Waals surface area contributed by atoms with Crippen LogP contribution in [0.1, 0.15) is 17.0 Å². The van der Waals surface area contributed by atoms with E-state index in [1.807, 2.05) is 30.3 Å². The zero-order chi connectivity index (χ0) is 24.8. The number of hydrogen-bond donors (Lipinski definition) is 0. The Morgan fingerprint density at radius 2 is 1.89 bits per heavy atom. The van der Waals surface area contributed by atoms with Gasteiger partial charge in [0.1, 0.15) is 28.7 Å². The van der Waals surface area contributed by atoms with Gasteiger partial charge in [0.05, 0.1) is 20.3 Å². The summed E-state index contributed by atoms with van der Waals surface area (Å²) in [6, 6.07) is 14.1. The van der Waals surface area contributed by atoms with Gasteiger partial charge in [-0.05, 0) is 42.8 Å². The van der Waals surface area contributed by atoms with Crippen LogP contribution < -0.4 is 4.74 Å². The lowest BCUT2D eigenvalue weighted by molar-refractivity contribution is -0.139. The number of carbonyl (C=O) groups excluding carboxylic acids is 1. The quantitative estimate of drug-likeness (QED) is 0.343. The summed E-state index contributed by atoms with van der Waals surface area (Å²) in [5.74, 6) is 0.652. The molecule has 1 saturated heterocycles. The van der Waals surface area contributed by atoms with Crippen molar-refractivity contribution in [3.05, 3.63) is 71.6 Å². The second-order valence-corrected chi connectivity index (χ2v) is 9.66. The number of carbonyl (C=O) groups is 1. The molecule has 0 spiro atoms.